The number of carbonyl (C=O) groups is 3. The van der Waals surface area contributed by atoms with E-state index < -0.39 is 34.0 Å². The molecule has 0 bridgehead atoms. The van der Waals surface area contributed by atoms with Crippen molar-refractivity contribution < 1.29 is 27.5 Å². The van der Waals surface area contributed by atoms with Crippen LogP contribution in [0, 0.1) is 0 Å². The van der Waals surface area contributed by atoms with Gasteiger partial charge in [0.15, 0.2) is 6.10 Å². The van der Waals surface area contributed by atoms with E-state index in [1.54, 1.807) is 19.2 Å². The van der Waals surface area contributed by atoms with Crippen LogP contribution in [-0.2, 0) is 19.6 Å². The van der Waals surface area contributed by atoms with Crippen LogP contribution < -0.4 is 11.1 Å². The van der Waals surface area contributed by atoms with Gasteiger partial charge in [0.25, 0.3) is 5.91 Å². The molecule has 1 aromatic carbocycles. The van der Waals surface area contributed by atoms with Gasteiger partial charge in [-0.05, 0) is 31.2 Å². The lowest BCUT2D eigenvalue weighted by Gasteiger charge is -2.18. The molecule has 0 unspecified atom stereocenters. The third-order valence-corrected chi connectivity index (χ3v) is 5.40. The summed E-state index contributed by atoms with van der Waals surface area (Å²) in [6, 6.07) is 4.10. The highest BCUT2D eigenvalue weighted by atomic mass is 32.2. The number of carbonyl (C=O) groups excluding carboxylic acids is 3. The van der Waals surface area contributed by atoms with E-state index in [1.165, 1.54) is 35.5 Å². The first-order chi connectivity index (χ1) is 11.6. The van der Waals surface area contributed by atoms with Gasteiger partial charge in [0.1, 0.15) is 0 Å². The zero-order valence-corrected chi connectivity index (χ0v) is 15.0. The Morgan fingerprint density at radius 2 is 1.68 bits per heavy atom. The van der Waals surface area contributed by atoms with Gasteiger partial charge in [0, 0.05) is 13.1 Å². The van der Waals surface area contributed by atoms with E-state index in [0.29, 0.717) is 13.1 Å². The van der Waals surface area contributed by atoms with Gasteiger partial charge in [-0.15, -0.1) is 0 Å². The lowest BCUT2D eigenvalue weighted by molar-refractivity contribution is -0.127. The molecular weight excluding hydrogens is 350 g/mol. The van der Waals surface area contributed by atoms with Gasteiger partial charge in [-0.25, -0.2) is 18.0 Å². The zero-order chi connectivity index (χ0) is 19.2. The molecule has 1 atom stereocenters. The molecule has 1 aromatic rings. The van der Waals surface area contributed by atoms with Crippen molar-refractivity contribution in [2.75, 3.05) is 13.1 Å². The van der Waals surface area contributed by atoms with E-state index in [9.17, 15) is 22.8 Å². The van der Waals surface area contributed by atoms with Gasteiger partial charge in [-0.1, -0.05) is 13.8 Å². The molecule has 0 saturated carbocycles. The van der Waals surface area contributed by atoms with Crippen molar-refractivity contribution >= 4 is 27.9 Å². The van der Waals surface area contributed by atoms with Gasteiger partial charge in [0.05, 0.1) is 10.5 Å². The smallest absolute Gasteiger partial charge is 0.338 e. The second kappa shape index (κ2) is 8.58. The van der Waals surface area contributed by atoms with Crippen molar-refractivity contribution in [2.45, 2.75) is 31.8 Å². The number of ether oxygens (including phenoxy) is 1. The van der Waals surface area contributed by atoms with E-state index in [2.05, 4.69) is 0 Å². The number of hydrogen-bond acceptors (Lipinski definition) is 6. The minimum atomic E-state index is -3.63. The number of rotatable bonds is 7. The van der Waals surface area contributed by atoms with Gasteiger partial charge < -0.3 is 10.5 Å². The Hall–Kier alpha value is -2.46. The van der Waals surface area contributed by atoms with E-state index in [-0.39, 0.29) is 10.5 Å². The number of imide groups is 1. The molecule has 9 nitrogen and oxygen atoms in total. The van der Waals surface area contributed by atoms with Gasteiger partial charge in [-0.3, -0.25) is 10.1 Å². The van der Waals surface area contributed by atoms with Crippen LogP contribution in [0.5, 0.6) is 0 Å². The van der Waals surface area contributed by atoms with Crippen LogP contribution in [0.3, 0.4) is 0 Å². The van der Waals surface area contributed by atoms with Crippen LogP contribution in [-0.4, -0.2) is 49.8 Å². The summed E-state index contributed by atoms with van der Waals surface area (Å²) in [7, 11) is -3.63. The molecule has 0 aliphatic heterocycles. The SMILES string of the molecule is CCN(CC)S(=O)(=O)c1ccc(C(=O)O[C@H](C)C(=O)NC(N)=O)cc1. The molecular formula is C15H21N3O6S. The lowest BCUT2D eigenvalue weighted by atomic mass is 10.2. The number of amides is 3. The van der Waals surface area contributed by atoms with Gasteiger partial charge in [0.2, 0.25) is 10.0 Å². The van der Waals surface area contributed by atoms with E-state index in [0.717, 1.165) is 0 Å². The Balaban J connectivity index is 2.87. The fraction of sp³-hybridized carbons (Fsp3) is 0.400. The molecule has 0 radical (unpaired) electrons. The van der Waals surface area contributed by atoms with Crippen molar-refractivity contribution in [2.24, 2.45) is 5.73 Å². The van der Waals surface area contributed by atoms with Crippen LogP contribution in [0.2, 0.25) is 0 Å². The van der Waals surface area contributed by atoms with Crippen molar-refractivity contribution in [3.05, 3.63) is 29.8 Å². The summed E-state index contributed by atoms with van der Waals surface area (Å²) >= 11 is 0. The largest absolute Gasteiger partial charge is 0.449 e. The number of urea groups is 1. The molecule has 10 heteroatoms. The molecule has 25 heavy (non-hydrogen) atoms. The fourth-order valence-electron chi connectivity index (χ4n) is 1.98. The fourth-order valence-corrected chi connectivity index (χ4v) is 3.44. The van der Waals surface area contributed by atoms with Crippen molar-refractivity contribution in [3.63, 3.8) is 0 Å². The van der Waals surface area contributed by atoms with Crippen molar-refractivity contribution in [3.8, 4) is 0 Å². The minimum Gasteiger partial charge on any atom is -0.449 e. The first-order valence-corrected chi connectivity index (χ1v) is 8.99. The average Bonchev–Trinajstić information content (AvgIpc) is 2.55. The Bertz CT molecular complexity index is 741. The quantitative estimate of drug-likeness (QED) is 0.668. The number of nitrogens with two attached hydrogens (primary N) is 1. The van der Waals surface area contributed by atoms with E-state index in [4.69, 9.17) is 10.5 Å². The molecule has 0 heterocycles. The zero-order valence-electron chi connectivity index (χ0n) is 14.2. The van der Waals surface area contributed by atoms with Crippen LogP contribution in [0.25, 0.3) is 0 Å². The third-order valence-electron chi connectivity index (χ3n) is 3.33. The molecule has 138 valence electrons. The Morgan fingerprint density at radius 1 is 1.16 bits per heavy atom. The monoisotopic (exact) mass is 371 g/mol. The summed E-state index contributed by atoms with van der Waals surface area (Å²) in [5.41, 5.74) is 4.87. The summed E-state index contributed by atoms with van der Waals surface area (Å²) in [5, 5.41) is 1.79. The second-order valence-electron chi connectivity index (χ2n) is 5.01. The molecule has 0 fully saturated rings. The van der Waals surface area contributed by atoms with E-state index >= 15 is 0 Å². The Kier molecular flexibility index (Phi) is 7.07. The highest BCUT2D eigenvalue weighted by molar-refractivity contribution is 7.89. The summed E-state index contributed by atoms with van der Waals surface area (Å²) in [6.07, 6.45) is -1.24. The molecule has 0 aliphatic carbocycles. The highest BCUT2D eigenvalue weighted by Crippen LogP contribution is 2.17. The molecule has 1 rings (SSSR count). The maximum absolute atomic E-state index is 12.4. The first kappa shape index (κ1) is 20.6. The van der Waals surface area contributed by atoms with Crippen LogP contribution in [0.15, 0.2) is 29.2 Å². The summed E-state index contributed by atoms with van der Waals surface area (Å²) < 4.78 is 30.9. The highest BCUT2D eigenvalue weighted by Gasteiger charge is 2.23. The van der Waals surface area contributed by atoms with Crippen LogP contribution >= 0.6 is 0 Å². The maximum Gasteiger partial charge on any atom is 0.338 e. The van der Waals surface area contributed by atoms with Crippen LogP contribution in [0.4, 0.5) is 4.79 Å². The molecule has 0 saturated heterocycles. The standard InChI is InChI=1S/C15H21N3O6S/c1-4-18(5-2)25(22,23)12-8-6-11(7-9-12)14(20)24-10(3)13(19)17-15(16)21/h6-10H,4-5H2,1-3H3,(H3,16,17,19,21)/t10-/m1/s1. The molecule has 3 N–H and O–H groups in total. The number of nitrogens with one attached hydrogen (secondary N) is 1. The Morgan fingerprint density at radius 3 is 2.12 bits per heavy atom. The number of primary amides is 1. The summed E-state index contributed by atoms with van der Waals surface area (Å²) in [5.74, 6) is -1.69. The number of esters is 1. The third kappa shape index (κ3) is 5.26. The first-order valence-electron chi connectivity index (χ1n) is 7.54. The number of benzene rings is 1. The van der Waals surface area contributed by atoms with Crippen LogP contribution in [0.1, 0.15) is 31.1 Å². The number of hydrogen-bond donors (Lipinski definition) is 2. The van der Waals surface area contributed by atoms with Gasteiger partial charge in [-0.2, -0.15) is 4.31 Å². The maximum atomic E-state index is 12.4. The topological polar surface area (TPSA) is 136 Å². The van der Waals surface area contributed by atoms with E-state index in [1.807, 2.05) is 0 Å². The second-order valence-corrected chi connectivity index (χ2v) is 6.95. The molecule has 0 aliphatic rings. The molecule has 0 spiro atoms. The number of nitrogens with zero attached hydrogens (tertiary/aromatic N) is 1. The lowest BCUT2D eigenvalue weighted by Crippen LogP contribution is -2.42. The predicted octanol–water partition coefficient (Wildman–Crippen LogP) is 0.457. The Labute approximate surface area is 146 Å². The minimum absolute atomic E-state index is 0.0484. The van der Waals surface area contributed by atoms with Crippen molar-refractivity contribution in [1.82, 2.24) is 9.62 Å². The average molecular weight is 371 g/mol. The van der Waals surface area contributed by atoms with Crippen molar-refractivity contribution in [1.29, 1.82) is 0 Å². The van der Waals surface area contributed by atoms with Gasteiger partial charge >= 0.3 is 12.0 Å². The molecule has 3 amide bonds. The predicted molar refractivity (Wildman–Crippen MR) is 89.2 cm³/mol. The number of sulfonamides is 1. The summed E-state index contributed by atoms with van der Waals surface area (Å²) in [4.78, 5) is 34.1. The summed E-state index contributed by atoms with van der Waals surface area (Å²) in [6.45, 7) is 5.39. The molecule has 0 aromatic heterocycles. The normalized spacial score (nSPS) is 12.5.